The number of fused-ring (bicyclic) bond motifs is 2. The van der Waals surface area contributed by atoms with E-state index < -0.39 is 11.8 Å². The van der Waals surface area contributed by atoms with Crippen LogP contribution < -0.4 is 25.0 Å². The molecule has 1 aromatic heterocycles. The van der Waals surface area contributed by atoms with Crippen LogP contribution >= 0.6 is 0 Å². The molecule has 2 N–H and O–H groups in total. The number of aliphatic imine (C=N–C) groups is 1. The van der Waals surface area contributed by atoms with Crippen LogP contribution in [0.25, 0.3) is 5.70 Å². The molecule has 3 aliphatic heterocycles. The van der Waals surface area contributed by atoms with Gasteiger partial charge in [0.1, 0.15) is 0 Å². The Kier molecular flexibility index (Phi) is 4.12. The molecule has 1 atom stereocenters. The van der Waals surface area contributed by atoms with Crippen molar-refractivity contribution < 1.29 is 23.4 Å². The number of hydrogen-bond acceptors (Lipinski definition) is 9. The molecule has 3 aliphatic rings. The van der Waals surface area contributed by atoms with Gasteiger partial charge in [-0.25, -0.2) is 4.99 Å². The summed E-state index contributed by atoms with van der Waals surface area (Å²) in [6.45, 7) is 5.41. The third-order valence-electron chi connectivity index (χ3n) is 4.99. The first-order valence-electron chi connectivity index (χ1n) is 9.68. The molecule has 0 radical (unpaired) electrons. The number of furan rings is 1. The highest BCUT2D eigenvalue weighted by atomic mass is 16.7. The summed E-state index contributed by atoms with van der Waals surface area (Å²) in [5.74, 6) is 0.578. The zero-order chi connectivity index (χ0) is 20.9. The fourth-order valence-electron chi connectivity index (χ4n) is 3.74. The van der Waals surface area contributed by atoms with Crippen molar-refractivity contribution in [1.82, 2.24) is 10.6 Å². The van der Waals surface area contributed by atoms with E-state index in [-0.39, 0.29) is 12.8 Å². The highest BCUT2D eigenvalue weighted by Gasteiger charge is 2.44. The number of nitrogens with one attached hydrogen (secondary N) is 2. The number of carbonyl (C=O) groups excluding carboxylic acids is 1. The maximum Gasteiger partial charge on any atom is 0.303 e. The summed E-state index contributed by atoms with van der Waals surface area (Å²) in [7, 11) is 0. The summed E-state index contributed by atoms with van der Waals surface area (Å²) in [5, 5.41) is 6.65. The molecule has 4 heterocycles. The summed E-state index contributed by atoms with van der Waals surface area (Å²) >= 11 is 0. The monoisotopic (exact) mass is 410 g/mol. The first kappa shape index (κ1) is 18.4. The largest absolute Gasteiger partial charge is 0.458 e. The van der Waals surface area contributed by atoms with Crippen molar-refractivity contribution in [3.05, 3.63) is 47.4 Å². The van der Waals surface area contributed by atoms with Crippen LogP contribution in [-0.4, -0.2) is 30.9 Å². The van der Waals surface area contributed by atoms with Crippen LogP contribution in [-0.2, 0) is 16.1 Å². The number of ether oxygens (including phenoxy) is 3. The highest BCUT2D eigenvalue weighted by molar-refractivity contribution is 5.82. The van der Waals surface area contributed by atoms with Gasteiger partial charge in [-0.3, -0.25) is 9.69 Å². The van der Waals surface area contributed by atoms with Crippen molar-refractivity contribution in [2.45, 2.75) is 39.3 Å². The summed E-state index contributed by atoms with van der Waals surface area (Å²) in [5.41, 5.74) is 2.95. The van der Waals surface area contributed by atoms with Crippen LogP contribution in [0.4, 0.5) is 5.88 Å². The van der Waals surface area contributed by atoms with Crippen molar-refractivity contribution in [3.63, 3.8) is 0 Å². The Bertz CT molecular complexity index is 1060. The highest BCUT2D eigenvalue weighted by Crippen LogP contribution is 2.52. The summed E-state index contributed by atoms with van der Waals surface area (Å²) < 4.78 is 23.1. The molecule has 0 bridgehead atoms. The second-order valence-corrected chi connectivity index (χ2v) is 7.63. The topological polar surface area (TPSA) is 97.6 Å². The van der Waals surface area contributed by atoms with Gasteiger partial charge in [-0.2, -0.15) is 0 Å². The lowest BCUT2D eigenvalue weighted by Crippen LogP contribution is -2.34. The van der Waals surface area contributed by atoms with Crippen molar-refractivity contribution in [1.29, 1.82) is 0 Å². The van der Waals surface area contributed by atoms with Crippen molar-refractivity contribution >= 4 is 23.9 Å². The maximum atomic E-state index is 11.3. The summed E-state index contributed by atoms with van der Waals surface area (Å²) in [6, 6.07) is 10.0. The fraction of sp³-hybridized carbons (Fsp3) is 0.333. The lowest BCUT2D eigenvalue weighted by atomic mass is 10.1. The van der Waals surface area contributed by atoms with E-state index in [1.54, 1.807) is 6.34 Å². The van der Waals surface area contributed by atoms with Crippen molar-refractivity contribution in [2.24, 2.45) is 4.99 Å². The zero-order valence-corrected chi connectivity index (χ0v) is 16.9. The van der Waals surface area contributed by atoms with E-state index in [4.69, 9.17) is 18.6 Å². The third-order valence-corrected chi connectivity index (χ3v) is 4.99. The molecule has 30 heavy (non-hydrogen) atoms. The molecule has 0 unspecified atom stereocenters. The summed E-state index contributed by atoms with van der Waals surface area (Å²) in [4.78, 5) is 17.8. The van der Waals surface area contributed by atoms with Gasteiger partial charge in [-0.15, -0.1) is 0 Å². The fourth-order valence-corrected chi connectivity index (χ4v) is 3.74. The van der Waals surface area contributed by atoms with E-state index in [2.05, 4.69) is 15.6 Å². The first-order valence-corrected chi connectivity index (χ1v) is 9.68. The summed E-state index contributed by atoms with van der Waals surface area (Å²) in [6.07, 6.45) is 1.37. The molecule has 0 aliphatic carbocycles. The molecule has 0 amide bonds. The van der Waals surface area contributed by atoms with E-state index in [1.807, 2.05) is 49.1 Å². The van der Waals surface area contributed by atoms with Gasteiger partial charge in [0.15, 0.2) is 18.5 Å². The van der Waals surface area contributed by atoms with Gasteiger partial charge in [0.25, 0.3) is 0 Å². The van der Waals surface area contributed by atoms with Gasteiger partial charge in [0.2, 0.25) is 23.2 Å². The van der Waals surface area contributed by atoms with E-state index in [9.17, 15) is 4.79 Å². The Morgan fingerprint density at radius 2 is 2.03 bits per heavy atom. The Hall–Kier alpha value is -3.62. The maximum absolute atomic E-state index is 11.3. The lowest BCUT2D eigenvalue weighted by Gasteiger charge is -2.25. The van der Waals surface area contributed by atoms with E-state index in [0.29, 0.717) is 29.8 Å². The Morgan fingerprint density at radius 3 is 2.80 bits per heavy atom. The Balaban J connectivity index is 1.52. The molecule has 5 rings (SSSR count). The predicted molar refractivity (Wildman–Crippen MR) is 109 cm³/mol. The van der Waals surface area contributed by atoms with Gasteiger partial charge < -0.3 is 29.3 Å². The Morgan fingerprint density at radius 1 is 1.27 bits per heavy atom. The van der Waals surface area contributed by atoms with Gasteiger partial charge >= 0.3 is 5.97 Å². The predicted octanol–water partition coefficient (Wildman–Crippen LogP) is 2.54. The van der Waals surface area contributed by atoms with E-state index in [1.165, 1.54) is 6.92 Å². The van der Waals surface area contributed by atoms with Crippen molar-refractivity contribution in [2.75, 3.05) is 11.6 Å². The standard InChI is InChI=1S/C21H22N4O5/c1-12(26)27-9-14-17-18(30-21(2,3)29-17)20(28-14)25-11-24-16-15(22-10-23-19(16)25)13-7-5-4-6-8-13/h4-8,10,19,24H,9,11H2,1-3H3,(H,22,23)/t19-/m1/s1. The molecular formula is C21H22N4O5. The second kappa shape index (κ2) is 6.72. The number of nitrogens with zero attached hydrogens (tertiary/aromatic N) is 2. The van der Waals surface area contributed by atoms with Gasteiger partial charge in [-0.1, -0.05) is 30.3 Å². The minimum absolute atomic E-state index is 0.0359. The van der Waals surface area contributed by atoms with Crippen LogP contribution in [0.1, 0.15) is 32.1 Å². The number of hydrogen-bond donors (Lipinski definition) is 2. The second-order valence-electron chi connectivity index (χ2n) is 7.63. The van der Waals surface area contributed by atoms with Crippen LogP contribution in [0.5, 0.6) is 11.5 Å². The van der Waals surface area contributed by atoms with Crippen LogP contribution in [0.2, 0.25) is 0 Å². The van der Waals surface area contributed by atoms with Gasteiger partial charge in [-0.05, 0) is 5.56 Å². The molecule has 156 valence electrons. The van der Waals surface area contributed by atoms with E-state index >= 15 is 0 Å². The van der Waals surface area contributed by atoms with Gasteiger partial charge in [0.05, 0.1) is 24.4 Å². The first-order chi connectivity index (χ1) is 14.4. The molecule has 9 heteroatoms. The molecule has 0 saturated carbocycles. The number of anilines is 1. The molecule has 0 spiro atoms. The zero-order valence-electron chi connectivity index (χ0n) is 16.9. The third kappa shape index (κ3) is 3.02. The molecule has 1 fully saturated rings. The minimum Gasteiger partial charge on any atom is -0.458 e. The van der Waals surface area contributed by atoms with Crippen LogP contribution in [0.3, 0.4) is 0 Å². The number of rotatable bonds is 4. The molecule has 1 aromatic carbocycles. The average Bonchev–Trinajstić information content (AvgIpc) is 3.37. The van der Waals surface area contributed by atoms with Crippen molar-refractivity contribution in [3.8, 4) is 11.5 Å². The normalized spacial score (nSPS) is 20.6. The minimum atomic E-state index is -0.848. The molecular weight excluding hydrogens is 388 g/mol. The van der Waals surface area contributed by atoms with Crippen LogP contribution in [0, 0.1) is 0 Å². The number of carbonyl (C=O) groups is 1. The SMILES string of the molecule is CC(=O)OCc1oc(N2CNC3=C(c4ccccc4)NC=N[C@@H]32)c2c1OC(C)(C)O2. The quantitative estimate of drug-likeness (QED) is 0.743. The molecule has 2 aromatic rings. The van der Waals surface area contributed by atoms with Crippen LogP contribution in [0.15, 0.2) is 45.4 Å². The molecule has 1 saturated heterocycles. The lowest BCUT2D eigenvalue weighted by molar-refractivity contribution is -0.142. The average molecular weight is 410 g/mol. The molecule has 9 nitrogen and oxygen atoms in total. The van der Waals surface area contributed by atoms with Gasteiger partial charge in [0, 0.05) is 20.8 Å². The smallest absolute Gasteiger partial charge is 0.303 e. The Labute approximate surface area is 173 Å². The number of benzene rings is 1. The van der Waals surface area contributed by atoms with E-state index in [0.717, 1.165) is 17.0 Å². The number of esters is 1.